The number of nitrogens with zero attached hydrogens (tertiary/aromatic N) is 2. The van der Waals surface area contributed by atoms with E-state index in [4.69, 9.17) is 16.3 Å². The van der Waals surface area contributed by atoms with E-state index in [9.17, 15) is 0 Å². The lowest BCUT2D eigenvalue weighted by Gasteiger charge is -2.19. The number of nitrogens with one attached hydrogen (secondary N) is 1. The standard InChI is InChI=1S/C14H22ClN3O/c1-16-8-12-7-14(17-9-13(12)15)18(2)5-6-19-10-11-3-4-11/h7,9,11,16H,3-6,8,10H2,1-2H3. The molecule has 19 heavy (non-hydrogen) atoms. The fourth-order valence-corrected chi connectivity index (χ4v) is 2.02. The molecule has 106 valence electrons. The summed E-state index contributed by atoms with van der Waals surface area (Å²) in [5.41, 5.74) is 1.07. The number of rotatable bonds is 8. The molecule has 1 aliphatic rings. The van der Waals surface area contributed by atoms with E-state index in [0.29, 0.717) is 5.02 Å². The zero-order valence-electron chi connectivity index (χ0n) is 11.7. The molecule has 1 aromatic heterocycles. The van der Waals surface area contributed by atoms with Crippen LogP contribution in [0.25, 0.3) is 0 Å². The van der Waals surface area contributed by atoms with Crippen molar-refractivity contribution in [2.45, 2.75) is 19.4 Å². The number of hydrogen-bond acceptors (Lipinski definition) is 4. The Hall–Kier alpha value is -0.840. The largest absolute Gasteiger partial charge is 0.379 e. The molecule has 1 heterocycles. The first kappa shape index (κ1) is 14.6. The molecule has 1 fully saturated rings. The molecule has 0 atom stereocenters. The molecule has 0 aromatic carbocycles. The Morgan fingerprint density at radius 2 is 2.32 bits per heavy atom. The molecule has 0 radical (unpaired) electrons. The molecular formula is C14H22ClN3O. The molecular weight excluding hydrogens is 262 g/mol. The average Bonchev–Trinajstić information content (AvgIpc) is 3.21. The van der Waals surface area contributed by atoms with E-state index in [2.05, 4.69) is 15.2 Å². The minimum absolute atomic E-state index is 0.705. The third-order valence-corrected chi connectivity index (χ3v) is 3.64. The molecule has 0 bridgehead atoms. The minimum Gasteiger partial charge on any atom is -0.379 e. The first-order chi connectivity index (χ1) is 9.20. The zero-order valence-corrected chi connectivity index (χ0v) is 12.4. The van der Waals surface area contributed by atoms with E-state index in [0.717, 1.165) is 43.6 Å². The van der Waals surface area contributed by atoms with Crippen LogP contribution in [0.15, 0.2) is 12.3 Å². The van der Waals surface area contributed by atoms with Gasteiger partial charge in [-0.25, -0.2) is 4.98 Å². The predicted molar refractivity (Wildman–Crippen MR) is 78.8 cm³/mol. The fourth-order valence-electron chi connectivity index (χ4n) is 1.85. The average molecular weight is 284 g/mol. The SMILES string of the molecule is CNCc1cc(N(C)CCOCC2CC2)ncc1Cl. The summed E-state index contributed by atoms with van der Waals surface area (Å²) in [4.78, 5) is 6.46. The topological polar surface area (TPSA) is 37.4 Å². The van der Waals surface area contributed by atoms with Gasteiger partial charge in [0.15, 0.2) is 0 Å². The maximum absolute atomic E-state index is 6.10. The van der Waals surface area contributed by atoms with Gasteiger partial charge in [0.2, 0.25) is 0 Å². The van der Waals surface area contributed by atoms with Crippen LogP contribution in [-0.4, -0.2) is 38.8 Å². The highest BCUT2D eigenvalue weighted by Gasteiger charge is 2.21. The first-order valence-electron chi connectivity index (χ1n) is 6.78. The van der Waals surface area contributed by atoms with E-state index < -0.39 is 0 Å². The number of ether oxygens (including phenoxy) is 1. The van der Waals surface area contributed by atoms with Gasteiger partial charge in [-0.2, -0.15) is 0 Å². The van der Waals surface area contributed by atoms with Crippen molar-refractivity contribution in [2.75, 3.05) is 38.8 Å². The fraction of sp³-hybridized carbons (Fsp3) is 0.643. The Balaban J connectivity index is 1.82. The molecule has 0 amide bonds. The summed E-state index contributed by atoms with van der Waals surface area (Å²) in [6, 6.07) is 2.03. The second-order valence-electron chi connectivity index (χ2n) is 5.10. The van der Waals surface area contributed by atoms with Crippen LogP contribution in [0.5, 0.6) is 0 Å². The normalized spacial score (nSPS) is 14.7. The van der Waals surface area contributed by atoms with Crippen molar-refractivity contribution in [3.63, 3.8) is 0 Å². The molecule has 0 aliphatic heterocycles. The van der Waals surface area contributed by atoms with Gasteiger partial charge in [-0.15, -0.1) is 0 Å². The van der Waals surface area contributed by atoms with Gasteiger partial charge in [0.1, 0.15) is 5.82 Å². The van der Waals surface area contributed by atoms with Gasteiger partial charge < -0.3 is 15.0 Å². The predicted octanol–water partition coefficient (Wildman–Crippen LogP) is 2.32. The number of likely N-dealkylation sites (N-methyl/N-ethyl adjacent to an activating group) is 1. The molecule has 1 saturated carbocycles. The van der Waals surface area contributed by atoms with Crippen molar-refractivity contribution in [1.82, 2.24) is 10.3 Å². The lowest BCUT2D eigenvalue weighted by Crippen LogP contribution is -2.24. The highest BCUT2D eigenvalue weighted by atomic mass is 35.5. The van der Waals surface area contributed by atoms with Crippen molar-refractivity contribution >= 4 is 17.4 Å². The van der Waals surface area contributed by atoms with Gasteiger partial charge in [0, 0.05) is 32.9 Å². The molecule has 1 aromatic rings. The number of hydrogen-bond donors (Lipinski definition) is 1. The van der Waals surface area contributed by atoms with E-state index in [1.807, 2.05) is 20.2 Å². The minimum atomic E-state index is 0.705. The van der Waals surface area contributed by atoms with Crippen molar-refractivity contribution in [3.05, 3.63) is 22.8 Å². The monoisotopic (exact) mass is 283 g/mol. The van der Waals surface area contributed by atoms with Gasteiger partial charge >= 0.3 is 0 Å². The Morgan fingerprint density at radius 1 is 1.53 bits per heavy atom. The summed E-state index contributed by atoms with van der Waals surface area (Å²) in [5, 5.41) is 3.81. The maximum atomic E-state index is 6.10. The maximum Gasteiger partial charge on any atom is 0.128 e. The number of anilines is 1. The van der Waals surface area contributed by atoms with E-state index >= 15 is 0 Å². The van der Waals surface area contributed by atoms with Crippen molar-refractivity contribution in [3.8, 4) is 0 Å². The molecule has 1 aliphatic carbocycles. The second kappa shape index (κ2) is 7.08. The van der Waals surface area contributed by atoms with Crippen LogP contribution < -0.4 is 10.2 Å². The van der Waals surface area contributed by atoms with Crippen LogP contribution in [0.3, 0.4) is 0 Å². The van der Waals surface area contributed by atoms with Crippen molar-refractivity contribution in [1.29, 1.82) is 0 Å². The van der Waals surface area contributed by atoms with Gasteiger partial charge in [0.25, 0.3) is 0 Å². The van der Waals surface area contributed by atoms with Gasteiger partial charge in [-0.05, 0) is 37.4 Å². The van der Waals surface area contributed by atoms with Crippen LogP contribution in [0, 0.1) is 5.92 Å². The summed E-state index contributed by atoms with van der Waals surface area (Å²) in [7, 11) is 3.94. The highest BCUT2D eigenvalue weighted by Crippen LogP contribution is 2.28. The molecule has 2 rings (SSSR count). The van der Waals surface area contributed by atoms with E-state index in [1.165, 1.54) is 12.8 Å². The quantitative estimate of drug-likeness (QED) is 0.743. The number of aromatic nitrogens is 1. The van der Waals surface area contributed by atoms with Crippen molar-refractivity contribution in [2.24, 2.45) is 5.92 Å². The van der Waals surface area contributed by atoms with Crippen LogP contribution in [0.2, 0.25) is 5.02 Å². The van der Waals surface area contributed by atoms with Gasteiger partial charge in [-0.3, -0.25) is 0 Å². The Kier molecular flexibility index (Phi) is 5.43. The van der Waals surface area contributed by atoms with Gasteiger partial charge in [-0.1, -0.05) is 11.6 Å². The summed E-state index contributed by atoms with van der Waals surface area (Å²) < 4.78 is 5.64. The Labute approximate surface area is 120 Å². The van der Waals surface area contributed by atoms with Crippen LogP contribution in [-0.2, 0) is 11.3 Å². The van der Waals surface area contributed by atoms with Crippen LogP contribution in [0.1, 0.15) is 18.4 Å². The summed E-state index contributed by atoms with van der Waals surface area (Å²) in [5.74, 6) is 1.76. The van der Waals surface area contributed by atoms with Crippen LogP contribution in [0.4, 0.5) is 5.82 Å². The lowest BCUT2D eigenvalue weighted by molar-refractivity contribution is 0.131. The van der Waals surface area contributed by atoms with Gasteiger partial charge in [0.05, 0.1) is 11.6 Å². The summed E-state index contributed by atoms with van der Waals surface area (Å²) in [6.07, 6.45) is 4.38. The molecule has 0 spiro atoms. The molecule has 0 unspecified atom stereocenters. The molecule has 4 nitrogen and oxygen atoms in total. The second-order valence-corrected chi connectivity index (χ2v) is 5.51. The number of halogens is 1. The highest BCUT2D eigenvalue weighted by molar-refractivity contribution is 6.31. The summed E-state index contributed by atoms with van der Waals surface area (Å²) in [6.45, 7) is 3.26. The smallest absolute Gasteiger partial charge is 0.128 e. The first-order valence-corrected chi connectivity index (χ1v) is 7.16. The van der Waals surface area contributed by atoms with Crippen LogP contribution >= 0.6 is 11.6 Å². The molecule has 5 heteroatoms. The Bertz CT molecular complexity index is 410. The van der Waals surface area contributed by atoms with Crippen molar-refractivity contribution < 1.29 is 4.74 Å². The third kappa shape index (κ3) is 4.64. The number of pyridine rings is 1. The van der Waals surface area contributed by atoms with E-state index in [-0.39, 0.29) is 0 Å². The summed E-state index contributed by atoms with van der Waals surface area (Å²) >= 11 is 6.10. The molecule has 0 saturated heterocycles. The third-order valence-electron chi connectivity index (χ3n) is 3.30. The lowest BCUT2D eigenvalue weighted by atomic mass is 10.2. The zero-order chi connectivity index (χ0) is 13.7. The molecule has 1 N–H and O–H groups in total. The Morgan fingerprint density at radius 3 is 3.00 bits per heavy atom. The van der Waals surface area contributed by atoms with E-state index in [1.54, 1.807) is 6.20 Å².